The van der Waals surface area contributed by atoms with Crippen LogP contribution in [0.2, 0.25) is 0 Å². The van der Waals surface area contributed by atoms with Crippen LogP contribution in [-0.2, 0) is 34.3 Å². The van der Waals surface area contributed by atoms with Gasteiger partial charge in [-0.25, -0.2) is 13.2 Å². The molecule has 0 saturated carbocycles. The second kappa shape index (κ2) is 8.44. The number of fused-ring (bicyclic) bond motifs is 2. The van der Waals surface area contributed by atoms with E-state index in [1.165, 1.54) is 7.11 Å². The van der Waals surface area contributed by atoms with Gasteiger partial charge < -0.3 is 4.74 Å². The number of unbranched alkanes of at least 4 members (excludes halogenated alkanes) is 1. The molecule has 1 aliphatic heterocycles. The predicted molar refractivity (Wildman–Crippen MR) is 122 cm³/mol. The highest BCUT2D eigenvalue weighted by Gasteiger charge is 2.32. The fourth-order valence-electron chi connectivity index (χ4n) is 4.25. The molecule has 3 aromatic carbocycles. The molecule has 0 aromatic heterocycles. The van der Waals surface area contributed by atoms with Crippen molar-refractivity contribution in [2.75, 3.05) is 7.11 Å². The molecule has 0 radical (unpaired) electrons. The minimum absolute atomic E-state index is 0.318. The van der Waals surface area contributed by atoms with Crippen LogP contribution >= 0.6 is 0 Å². The Bertz CT molecular complexity index is 1250. The number of aryl methyl sites for hydroxylation is 2. The van der Waals surface area contributed by atoms with E-state index in [-0.39, 0.29) is 5.97 Å². The van der Waals surface area contributed by atoms with E-state index in [1.54, 1.807) is 22.5 Å². The Labute approximate surface area is 183 Å². The van der Waals surface area contributed by atoms with Gasteiger partial charge in [0.05, 0.1) is 17.6 Å². The van der Waals surface area contributed by atoms with Crippen LogP contribution in [-0.4, -0.2) is 25.8 Å². The highest BCUT2D eigenvalue weighted by molar-refractivity contribution is 7.89. The maximum atomic E-state index is 13.3. The maximum Gasteiger partial charge on any atom is 0.337 e. The Hall–Kier alpha value is -2.70. The molecule has 0 spiro atoms. The molecule has 0 fully saturated rings. The lowest BCUT2D eigenvalue weighted by atomic mass is 9.91. The van der Waals surface area contributed by atoms with Gasteiger partial charge in [-0.15, -0.1) is 0 Å². The molecule has 0 aliphatic carbocycles. The SMILES string of the molecule is CCCCc1c2c(cc3ccc(C(=O)OC)cc13)CN(S(=O)(=O)c1ccc(C)cc1)C2. The molecule has 0 amide bonds. The van der Waals surface area contributed by atoms with Crippen LogP contribution in [0.4, 0.5) is 0 Å². The van der Waals surface area contributed by atoms with Gasteiger partial charge in [0.1, 0.15) is 0 Å². The van der Waals surface area contributed by atoms with Crippen molar-refractivity contribution in [3.05, 3.63) is 76.3 Å². The van der Waals surface area contributed by atoms with Crippen LogP contribution in [0.25, 0.3) is 10.8 Å². The van der Waals surface area contributed by atoms with E-state index in [0.29, 0.717) is 23.5 Å². The van der Waals surface area contributed by atoms with E-state index in [0.717, 1.165) is 52.3 Å². The monoisotopic (exact) mass is 437 g/mol. The minimum Gasteiger partial charge on any atom is -0.465 e. The fourth-order valence-corrected chi connectivity index (χ4v) is 5.63. The molecule has 5 nitrogen and oxygen atoms in total. The van der Waals surface area contributed by atoms with Crippen LogP contribution in [0.5, 0.6) is 0 Å². The molecular formula is C25H27NO4S. The number of hydrogen-bond donors (Lipinski definition) is 0. The van der Waals surface area contributed by atoms with Crippen molar-refractivity contribution in [1.29, 1.82) is 0 Å². The zero-order chi connectivity index (χ0) is 22.2. The van der Waals surface area contributed by atoms with E-state index < -0.39 is 10.0 Å². The van der Waals surface area contributed by atoms with Crippen molar-refractivity contribution in [1.82, 2.24) is 4.31 Å². The average Bonchev–Trinajstić information content (AvgIpc) is 3.21. The zero-order valence-electron chi connectivity index (χ0n) is 18.1. The molecule has 6 heteroatoms. The number of hydrogen-bond acceptors (Lipinski definition) is 4. The maximum absolute atomic E-state index is 13.3. The first-order chi connectivity index (χ1) is 14.8. The molecule has 0 N–H and O–H groups in total. The van der Waals surface area contributed by atoms with Crippen molar-refractivity contribution < 1.29 is 17.9 Å². The van der Waals surface area contributed by atoms with E-state index in [2.05, 4.69) is 13.0 Å². The van der Waals surface area contributed by atoms with E-state index >= 15 is 0 Å². The molecule has 162 valence electrons. The predicted octanol–water partition coefficient (Wildman–Crippen LogP) is 4.98. The van der Waals surface area contributed by atoms with Crippen LogP contribution in [0, 0.1) is 6.92 Å². The van der Waals surface area contributed by atoms with Gasteiger partial charge in [0.15, 0.2) is 0 Å². The fraction of sp³-hybridized carbons (Fsp3) is 0.320. The van der Waals surface area contributed by atoms with E-state index in [4.69, 9.17) is 4.74 Å². The highest BCUT2D eigenvalue weighted by atomic mass is 32.2. The van der Waals surface area contributed by atoms with Crippen molar-refractivity contribution in [2.24, 2.45) is 0 Å². The third kappa shape index (κ3) is 3.98. The number of rotatable bonds is 6. The number of methoxy groups -OCH3 is 1. The van der Waals surface area contributed by atoms with Crippen LogP contribution in [0.3, 0.4) is 0 Å². The molecule has 1 aliphatic rings. The first-order valence-corrected chi connectivity index (χ1v) is 12.0. The first-order valence-electron chi connectivity index (χ1n) is 10.6. The largest absolute Gasteiger partial charge is 0.465 e. The van der Waals surface area contributed by atoms with E-state index in [9.17, 15) is 13.2 Å². The number of sulfonamides is 1. The standard InChI is InChI=1S/C25H27NO4S/c1-4-5-6-22-23-14-19(25(27)30-3)10-9-18(23)13-20-15-26(16-24(20)22)31(28,29)21-11-7-17(2)8-12-21/h7-14H,4-6,15-16H2,1-3H3. The molecule has 0 atom stereocenters. The highest BCUT2D eigenvalue weighted by Crippen LogP contribution is 2.36. The van der Waals surface area contributed by atoms with Crippen LogP contribution in [0.15, 0.2) is 53.4 Å². The second-order valence-electron chi connectivity index (χ2n) is 8.11. The summed E-state index contributed by atoms with van der Waals surface area (Å²) in [6, 6.07) is 14.6. The third-order valence-electron chi connectivity index (χ3n) is 6.00. The molecule has 4 rings (SSSR count). The quantitative estimate of drug-likeness (QED) is 0.510. The second-order valence-corrected chi connectivity index (χ2v) is 10.0. The summed E-state index contributed by atoms with van der Waals surface area (Å²) in [6.07, 6.45) is 2.88. The molecule has 1 heterocycles. The van der Waals surface area contributed by atoms with Gasteiger partial charge >= 0.3 is 5.97 Å². The first kappa shape index (κ1) is 21.5. The van der Waals surface area contributed by atoms with Crippen LogP contribution in [0.1, 0.15) is 52.4 Å². The molecular weight excluding hydrogens is 410 g/mol. The van der Waals surface area contributed by atoms with Gasteiger partial charge in [-0.1, -0.05) is 37.1 Å². The van der Waals surface area contributed by atoms with Crippen molar-refractivity contribution >= 4 is 26.8 Å². The Morgan fingerprint density at radius 3 is 2.48 bits per heavy atom. The van der Waals surface area contributed by atoms with Gasteiger partial charge in [-0.05, 0) is 77.6 Å². The van der Waals surface area contributed by atoms with E-state index in [1.807, 2.05) is 31.2 Å². The number of ether oxygens (including phenoxy) is 1. The Balaban J connectivity index is 1.79. The number of nitrogens with zero attached hydrogens (tertiary/aromatic N) is 1. The number of carbonyl (C=O) groups is 1. The summed E-state index contributed by atoms with van der Waals surface area (Å²) >= 11 is 0. The lowest BCUT2D eigenvalue weighted by Crippen LogP contribution is -2.25. The topological polar surface area (TPSA) is 63.7 Å². The lowest BCUT2D eigenvalue weighted by molar-refractivity contribution is 0.0601. The summed E-state index contributed by atoms with van der Waals surface area (Å²) in [5, 5.41) is 2.02. The summed E-state index contributed by atoms with van der Waals surface area (Å²) in [5.74, 6) is -0.368. The minimum atomic E-state index is -3.59. The Morgan fingerprint density at radius 2 is 1.81 bits per heavy atom. The van der Waals surface area contributed by atoms with Crippen molar-refractivity contribution in [3.63, 3.8) is 0 Å². The number of carbonyl (C=O) groups excluding carboxylic acids is 1. The van der Waals surface area contributed by atoms with Gasteiger partial charge in [-0.2, -0.15) is 4.31 Å². The number of esters is 1. The Kier molecular flexibility index (Phi) is 5.86. The van der Waals surface area contributed by atoms with Gasteiger partial charge in [0, 0.05) is 13.1 Å². The summed E-state index contributed by atoms with van der Waals surface area (Å²) in [4.78, 5) is 12.4. The third-order valence-corrected chi connectivity index (χ3v) is 7.81. The smallest absolute Gasteiger partial charge is 0.337 e. The molecule has 3 aromatic rings. The average molecular weight is 438 g/mol. The molecule has 0 saturated heterocycles. The Morgan fingerprint density at radius 1 is 1.06 bits per heavy atom. The molecule has 0 bridgehead atoms. The summed E-state index contributed by atoms with van der Waals surface area (Å²) in [5.41, 5.74) is 4.79. The number of benzene rings is 3. The van der Waals surface area contributed by atoms with Gasteiger partial charge in [0.25, 0.3) is 0 Å². The van der Waals surface area contributed by atoms with Crippen LogP contribution < -0.4 is 0 Å². The normalized spacial score (nSPS) is 14.0. The molecule has 31 heavy (non-hydrogen) atoms. The van der Waals surface area contributed by atoms with Crippen molar-refractivity contribution in [3.8, 4) is 0 Å². The summed E-state index contributed by atoms with van der Waals surface area (Å²) in [7, 11) is -2.21. The lowest BCUT2D eigenvalue weighted by Gasteiger charge is -2.16. The van der Waals surface area contributed by atoms with Gasteiger partial charge in [-0.3, -0.25) is 0 Å². The molecule has 0 unspecified atom stereocenters. The summed E-state index contributed by atoms with van der Waals surface area (Å²) < 4.78 is 33.0. The summed E-state index contributed by atoms with van der Waals surface area (Å²) in [6.45, 7) is 4.79. The zero-order valence-corrected chi connectivity index (χ0v) is 19.0. The van der Waals surface area contributed by atoms with Gasteiger partial charge in [0.2, 0.25) is 10.0 Å². The van der Waals surface area contributed by atoms with Crippen molar-refractivity contribution in [2.45, 2.75) is 51.1 Å².